The summed E-state index contributed by atoms with van der Waals surface area (Å²) >= 11 is 3.55. The maximum Gasteiger partial charge on any atom is 0.0408 e. The van der Waals surface area contributed by atoms with Gasteiger partial charge in [-0.25, -0.2) is 0 Å². The lowest BCUT2D eigenvalue weighted by atomic mass is 9.78. The van der Waals surface area contributed by atoms with E-state index < -0.39 is 0 Å². The molecule has 0 amide bonds. The Hall–Kier alpha value is -0.380. The van der Waals surface area contributed by atoms with Crippen molar-refractivity contribution >= 4 is 15.9 Å². The molecule has 2 N–H and O–H groups in total. The fourth-order valence-electron chi connectivity index (χ4n) is 2.42. The van der Waals surface area contributed by atoms with Crippen LogP contribution in [0.3, 0.4) is 0 Å². The Morgan fingerprint density at radius 2 is 1.94 bits per heavy atom. The average molecular weight is 299 g/mol. The molecule has 0 aliphatic rings. The van der Waals surface area contributed by atoms with E-state index in [0.717, 1.165) is 4.47 Å². The SMILES string of the molecule is Cc1ccc(Br)cc1C(N(C)C)C(C)(C)CN. The molecule has 17 heavy (non-hydrogen) atoms. The quantitative estimate of drug-likeness (QED) is 0.924. The van der Waals surface area contributed by atoms with Gasteiger partial charge in [-0.1, -0.05) is 35.8 Å². The van der Waals surface area contributed by atoms with Crippen LogP contribution in [0.1, 0.15) is 31.0 Å². The summed E-state index contributed by atoms with van der Waals surface area (Å²) in [7, 11) is 4.23. The fourth-order valence-corrected chi connectivity index (χ4v) is 2.79. The molecule has 1 atom stereocenters. The van der Waals surface area contributed by atoms with E-state index in [4.69, 9.17) is 5.73 Å². The van der Waals surface area contributed by atoms with Gasteiger partial charge >= 0.3 is 0 Å². The summed E-state index contributed by atoms with van der Waals surface area (Å²) in [5, 5.41) is 0. The first kappa shape index (κ1) is 14.7. The molecule has 0 aromatic heterocycles. The first-order valence-electron chi connectivity index (χ1n) is 5.92. The molecular formula is C14H23BrN2. The van der Waals surface area contributed by atoms with E-state index in [2.05, 4.69) is 73.9 Å². The third-order valence-corrected chi connectivity index (χ3v) is 3.81. The van der Waals surface area contributed by atoms with E-state index in [1.165, 1.54) is 11.1 Å². The van der Waals surface area contributed by atoms with Gasteiger partial charge in [0.1, 0.15) is 0 Å². The molecule has 1 aromatic rings. The van der Waals surface area contributed by atoms with Crippen molar-refractivity contribution in [3.05, 3.63) is 33.8 Å². The van der Waals surface area contributed by atoms with Gasteiger partial charge in [-0.15, -0.1) is 0 Å². The van der Waals surface area contributed by atoms with Crippen molar-refractivity contribution in [3.63, 3.8) is 0 Å². The Bertz CT molecular complexity index is 386. The maximum atomic E-state index is 5.93. The predicted octanol–water partition coefficient (Wildman–Crippen LogP) is 3.35. The number of nitrogens with zero attached hydrogens (tertiary/aromatic N) is 1. The fraction of sp³-hybridized carbons (Fsp3) is 0.571. The average Bonchev–Trinajstić information content (AvgIpc) is 2.22. The van der Waals surface area contributed by atoms with Crippen molar-refractivity contribution in [3.8, 4) is 0 Å². The van der Waals surface area contributed by atoms with Crippen LogP contribution < -0.4 is 5.73 Å². The van der Waals surface area contributed by atoms with Crippen LogP contribution in [0.15, 0.2) is 22.7 Å². The third kappa shape index (κ3) is 3.30. The molecule has 3 heteroatoms. The Morgan fingerprint density at radius 3 is 2.41 bits per heavy atom. The molecule has 0 aliphatic carbocycles. The van der Waals surface area contributed by atoms with Crippen molar-refractivity contribution in [2.45, 2.75) is 26.8 Å². The highest BCUT2D eigenvalue weighted by molar-refractivity contribution is 9.10. The minimum atomic E-state index is 0.0506. The van der Waals surface area contributed by atoms with Crippen molar-refractivity contribution < 1.29 is 0 Å². The summed E-state index contributed by atoms with van der Waals surface area (Å²) in [5.74, 6) is 0. The van der Waals surface area contributed by atoms with Gasteiger partial charge in [-0.2, -0.15) is 0 Å². The third-order valence-electron chi connectivity index (χ3n) is 3.32. The van der Waals surface area contributed by atoms with Gasteiger partial charge < -0.3 is 10.6 Å². The molecule has 1 rings (SSSR count). The molecule has 0 saturated carbocycles. The second kappa shape index (κ2) is 5.51. The van der Waals surface area contributed by atoms with Gasteiger partial charge in [0.2, 0.25) is 0 Å². The summed E-state index contributed by atoms with van der Waals surface area (Å²) in [6.07, 6.45) is 0. The van der Waals surface area contributed by atoms with E-state index in [9.17, 15) is 0 Å². The lowest BCUT2D eigenvalue weighted by Gasteiger charge is -2.39. The van der Waals surface area contributed by atoms with Crippen molar-refractivity contribution in [2.75, 3.05) is 20.6 Å². The van der Waals surface area contributed by atoms with E-state index in [1.807, 2.05) is 0 Å². The van der Waals surface area contributed by atoms with Gasteiger partial charge in [-0.05, 0) is 56.2 Å². The van der Waals surface area contributed by atoms with E-state index in [-0.39, 0.29) is 5.41 Å². The number of hydrogen-bond donors (Lipinski definition) is 1. The number of rotatable bonds is 4. The van der Waals surface area contributed by atoms with Gasteiger partial charge in [0, 0.05) is 10.5 Å². The van der Waals surface area contributed by atoms with Gasteiger partial charge in [0.25, 0.3) is 0 Å². The van der Waals surface area contributed by atoms with Crippen LogP contribution in [0.5, 0.6) is 0 Å². The highest BCUT2D eigenvalue weighted by Crippen LogP contribution is 2.38. The van der Waals surface area contributed by atoms with Crippen LogP contribution in [-0.4, -0.2) is 25.5 Å². The van der Waals surface area contributed by atoms with Crippen LogP contribution in [0.2, 0.25) is 0 Å². The number of nitrogens with two attached hydrogens (primary N) is 1. The number of hydrogen-bond acceptors (Lipinski definition) is 2. The van der Waals surface area contributed by atoms with Crippen LogP contribution in [-0.2, 0) is 0 Å². The molecule has 96 valence electrons. The standard InChI is InChI=1S/C14H23BrN2/c1-10-6-7-11(15)8-12(10)13(17(4)5)14(2,3)9-16/h6-8,13H,9,16H2,1-5H3. The maximum absolute atomic E-state index is 5.93. The van der Waals surface area contributed by atoms with E-state index in [1.54, 1.807) is 0 Å². The molecule has 0 saturated heterocycles. The van der Waals surface area contributed by atoms with Gasteiger partial charge in [0.15, 0.2) is 0 Å². The van der Waals surface area contributed by atoms with Crippen LogP contribution >= 0.6 is 15.9 Å². The smallest absolute Gasteiger partial charge is 0.0408 e. The van der Waals surface area contributed by atoms with Gasteiger partial charge in [-0.3, -0.25) is 0 Å². The molecule has 2 nitrogen and oxygen atoms in total. The molecule has 1 unspecified atom stereocenters. The highest BCUT2D eigenvalue weighted by Gasteiger charge is 2.32. The van der Waals surface area contributed by atoms with Crippen molar-refractivity contribution in [1.82, 2.24) is 4.90 Å². The monoisotopic (exact) mass is 298 g/mol. The van der Waals surface area contributed by atoms with Crippen LogP contribution in [0, 0.1) is 12.3 Å². The molecule has 0 heterocycles. The highest BCUT2D eigenvalue weighted by atomic mass is 79.9. The topological polar surface area (TPSA) is 29.3 Å². The molecule has 0 fully saturated rings. The Balaban J connectivity index is 3.28. The Kier molecular flexibility index (Phi) is 4.76. The summed E-state index contributed by atoms with van der Waals surface area (Å²) in [4.78, 5) is 2.25. The number of aryl methyl sites for hydroxylation is 1. The molecule has 0 spiro atoms. The molecule has 0 aliphatic heterocycles. The van der Waals surface area contributed by atoms with E-state index in [0.29, 0.717) is 12.6 Å². The summed E-state index contributed by atoms with van der Waals surface area (Å²) < 4.78 is 1.12. The summed E-state index contributed by atoms with van der Waals surface area (Å²) in [5.41, 5.74) is 8.64. The van der Waals surface area contributed by atoms with E-state index >= 15 is 0 Å². The zero-order valence-electron chi connectivity index (χ0n) is 11.4. The molecule has 0 bridgehead atoms. The Labute approximate surface area is 113 Å². The molecule has 0 radical (unpaired) electrons. The summed E-state index contributed by atoms with van der Waals surface area (Å²) in [6, 6.07) is 6.77. The first-order valence-corrected chi connectivity index (χ1v) is 6.71. The zero-order chi connectivity index (χ0) is 13.2. The summed E-state index contributed by atoms with van der Waals surface area (Å²) in [6.45, 7) is 7.27. The number of benzene rings is 1. The molecule has 1 aromatic carbocycles. The second-order valence-corrected chi connectivity index (χ2v) is 6.48. The molecular weight excluding hydrogens is 276 g/mol. The van der Waals surface area contributed by atoms with Crippen molar-refractivity contribution in [2.24, 2.45) is 11.1 Å². The van der Waals surface area contributed by atoms with Gasteiger partial charge in [0.05, 0.1) is 0 Å². The Morgan fingerprint density at radius 1 is 1.35 bits per heavy atom. The number of halogens is 1. The predicted molar refractivity (Wildman–Crippen MR) is 78.1 cm³/mol. The lowest BCUT2D eigenvalue weighted by Crippen LogP contribution is -2.39. The van der Waals surface area contributed by atoms with Crippen LogP contribution in [0.4, 0.5) is 0 Å². The first-order chi connectivity index (χ1) is 7.79. The largest absolute Gasteiger partial charge is 0.330 e. The van der Waals surface area contributed by atoms with Crippen LogP contribution in [0.25, 0.3) is 0 Å². The minimum Gasteiger partial charge on any atom is -0.330 e. The lowest BCUT2D eigenvalue weighted by molar-refractivity contribution is 0.142. The second-order valence-electron chi connectivity index (χ2n) is 5.56. The zero-order valence-corrected chi connectivity index (χ0v) is 13.0. The van der Waals surface area contributed by atoms with Crippen molar-refractivity contribution in [1.29, 1.82) is 0 Å². The minimum absolute atomic E-state index is 0.0506. The normalized spacial score (nSPS) is 14.1.